The molecule has 1 unspecified atom stereocenters. The van der Waals surface area contributed by atoms with Crippen LogP contribution in [0.15, 0.2) is 28.6 Å². The van der Waals surface area contributed by atoms with Crippen LogP contribution in [0.1, 0.15) is 31.1 Å². The molecule has 2 aromatic rings. The van der Waals surface area contributed by atoms with Gasteiger partial charge in [0.05, 0.1) is 7.80 Å². The summed E-state index contributed by atoms with van der Waals surface area (Å²) >= 11 is 7.26. The molecule has 0 aliphatic heterocycles. The van der Waals surface area contributed by atoms with Gasteiger partial charge in [-0.1, -0.05) is 19.4 Å². The fraction of sp³-hybridized carbons (Fsp3) is 0.467. The second-order valence-electron chi connectivity index (χ2n) is 4.77. The van der Waals surface area contributed by atoms with Crippen LogP contribution in [0.3, 0.4) is 0 Å². The number of halogens is 1. The van der Waals surface area contributed by atoms with E-state index in [1.54, 1.807) is 0 Å². The maximum atomic E-state index is 3.83. The Hall–Kier alpha value is -0.160. The van der Waals surface area contributed by atoms with Crippen molar-refractivity contribution in [3.8, 4) is 0 Å². The molecule has 0 amide bonds. The lowest BCUT2D eigenvalue weighted by Crippen LogP contribution is -2.16. The molecule has 0 saturated carbocycles. The number of nitrogens with one attached hydrogen (secondary N) is 1. The fourth-order valence-electron chi connectivity index (χ4n) is 2.19. The first-order valence-electron chi connectivity index (χ1n) is 6.72. The molecular formula is C15H20BrNS2. The van der Waals surface area contributed by atoms with Crippen LogP contribution in [0.4, 0.5) is 0 Å². The molecule has 104 valence electrons. The number of hydrogen-bond donors (Lipinski definition) is 1. The highest BCUT2D eigenvalue weighted by atomic mass is 79.9. The van der Waals surface area contributed by atoms with Crippen molar-refractivity contribution in [2.24, 2.45) is 5.92 Å². The third kappa shape index (κ3) is 4.42. The highest BCUT2D eigenvalue weighted by Crippen LogP contribution is 2.36. The number of rotatable bonds is 8. The molecular weight excluding hydrogens is 338 g/mol. The van der Waals surface area contributed by atoms with Crippen molar-refractivity contribution < 1.29 is 0 Å². The molecule has 0 aliphatic carbocycles. The van der Waals surface area contributed by atoms with Gasteiger partial charge in [0.15, 0.2) is 0 Å². The van der Waals surface area contributed by atoms with Crippen LogP contribution < -0.4 is 5.32 Å². The molecule has 4 heteroatoms. The van der Waals surface area contributed by atoms with Gasteiger partial charge in [0, 0.05) is 16.8 Å². The minimum atomic E-state index is 0.785. The molecule has 0 aromatic carbocycles. The predicted octanol–water partition coefficient (Wildman–Crippen LogP) is 5.81. The van der Waals surface area contributed by atoms with Crippen LogP contribution in [0.25, 0.3) is 9.40 Å². The number of thiophene rings is 2. The van der Waals surface area contributed by atoms with Gasteiger partial charge >= 0.3 is 0 Å². The van der Waals surface area contributed by atoms with E-state index in [1.165, 1.54) is 30.9 Å². The van der Waals surface area contributed by atoms with E-state index in [1.807, 2.05) is 28.7 Å². The second-order valence-corrected chi connectivity index (χ2v) is 8.60. The van der Waals surface area contributed by atoms with Crippen molar-refractivity contribution in [1.82, 2.24) is 5.32 Å². The van der Waals surface area contributed by atoms with Gasteiger partial charge in [-0.05, 0) is 53.4 Å². The number of allylic oxidation sites excluding steroid dienone is 1. The quantitative estimate of drug-likeness (QED) is 0.464. The minimum absolute atomic E-state index is 0.785. The zero-order valence-electron chi connectivity index (χ0n) is 11.2. The first kappa shape index (κ1) is 15.2. The van der Waals surface area contributed by atoms with E-state index in [0.29, 0.717) is 0 Å². The Balaban J connectivity index is 1.75. The van der Waals surface area contributed by atoms with Gasteiger partial charge in [0.2, 0.25) is 0 Å². The van der Waals surface area contributed by atoms with Gasteiger partial charge < -0.3 is 5.32 Å². The number of fused-ring (bicyclic) bond motifs is 1. The summed E-state index contributed by atoms with van der Waals surface area (Å²) in [5, 5.41) is 4.93. The Bertz CT molecular complexity index is 498. The Morgan fingerprint density at radius 1 is 1.42 bits per heavy atom. The molecule has 1 N–H and O–H groups in total. The summed E-state index contributed by atoms with van der Waals surface area (Å²) < 4.78 is 2.64. The molecule has 19 heavy (non-hydrogen) atoms. The molecule has 2 aromatic heterocycles. The highest BCUT2D eigenvalue weighted by molar-refractivity contribution is 9.11. The third-order valence-corrected chi connectivity index (χ3v) is 6.24. The van der Waals surface area contributed by atoms with E-state index in [0.717, 1.165) is 25.4 Å². The topological polar surface area (TPSA) is 12.0 Å². The molecule has 2 heterocycles. The van der Waals surface area contributed by atoms with E-state index < -0.39 is 0 Å². The van der Waals surface area contributed by atoms with Gasteiger partial charge in [-0.3, -0.25) is 0 Å². The lowest BCUT2D eigenvalue weighted by Gasteiger charge is -2.12. The average molecular weight is 358 g/mol. The van der Waals surface area contributed by atoms with E-state index in [2.05, 4.69) is 46.9 Å². The Labute approximate surface area is 131 Å². The van der Waals surface area contributed by atoms with E-state index in [-0.39, 0.29) is 0 Å². The normalized spacial score (nSPS) is 12.9. The molecule has 1 nitrogen and oxygen atoms in total. The molecule has 1 atom stereocenters. The van der Waals surface area contributed by atoms with E-state index >= 15 is 0 Å². The van der Waals surface area contributed by atoms with Crippen LogP contribution in [-0.2, 0) is 6.54 Å². The molecule has 0 radical (unpaired) electrons. The zero-order valence-corrected chi connectivity index (χ0v) is 14.5. The lowest BCUT2D eigenvalue weighted by molar-refractivity contribution is 0.456. The van der Waals surface area contributed by atoms with E-state index in [9.17, 15) is 0 Å². The lowest BCUT2D eigenvalue weighted by atomic mass is 9.99. The SMILES string of the molecule is C=CCC(CC)CCNCc1cc2cc(Br)sc2s1. The molecule has 0 spiro atoms. The standard InChI is InChI=1S/C15H20BrNS2/c1-3-5-11(4-2)6-7-17-10-13-8-12-9-14(16)19-15(12)18-13/h3,8-9,11,17H,1,4-7,10H2,2H3. The van der Waals surface area contributed by atoms with Crippen LogP contribution >= 0.6 is 38.6 Å². The van der Waals surface area contributed by atoms with Gasteiger partial charge in [-0.15, -0.1) is 29.3 Å². The predicted molar refractivity (Wildman–Crippen MR) is 92.3 cm³/mol. The minimum Gasteiger partial charge on any atom is -0.312 e. The van der Waals surface area contributed by atoms with Gasteiger partial charge in [0.1, 0.15) is 0 Å². The maximum absolute atomic E-state index is 3.83. The molecule has 0 bridgehead atoms. The largest absolute Gasteiger partial charge is 0.312 e. The summed E-state index contributed by atoms with van der Waals surface area (Å²) in [6.45, 7) is 8.18. The zero-order chi connectivity index (χ0) is 13.7. The second kappa shape index (κ2) is 7.58. The molecule has 0 fully saturated rings. The first-order chi connectivity index (χ1) is 9.22. The summed E-state index contributed by atoms with van der Waals surface area (Å²) in [5.41, 5.74) is 0. The molecule has 0 aliphatic rings. The summed E-state index contributed by atoms with van der Waals surface area (Å²) in [6, 6.07) is 4.51. The van der Waals surface area contributed by atoms with Crippen molar-refractivity contribution in [1.29, 1.82) is 0 Å². The van der Waals surface area contributed by atoms with Gasteiger partial charge in [-0.2, -0.15) is 0 Å². The van der Waals surface area contributed by atoms with Crippen molar-refractivity contribution in [2.45, 2.75) is 32.7 Å². The molecule has 0 saturated heterocycles. The average Bonchev–Trinajstić information content (AvgIpc) is 2.89. The third-order valence-electron chi connectivity index (χ3n) is 3.34. The summed E-state index contributed by atoms with van der Waals surface area (Å²) in [5.74, 6) is 0.785. The van der Waals surface area contributed by atoms with Crippen LogP contribution in [-0.4, -0.2) is 6.54 Å². The smallest absolute Gasteiger partial charge is 0.0880 e. The van der Waals surface area contributed by atoms with Crippen molar-refractivity contribution in [3.05, 3.63) is 33.5 Å². The first-order valence-corrected chi connectivity index (χ1v) is 9.15. The monoisotopic (exact) mass is 357 g/mol. The Kier molecular flexibility index (Phi) is 6.07. The van der Waals surface area contributed by atoms with Crippen LogP contribution in [0.5, 0.6) is 0 Å². The van der Waals surface area contributed by atoms with Crippen molar-refractivity contribution >= 4 is 48.0 Å². The Morgan fingerprint density at radius 2 is 2.26 bits per heavy atom. The maximum Gasteiger partial charge on any atom is 0.0880 e. The van der Waals surface area contributed by atoms with Crippen LogP contribution in [0.2, 0.25) is 0 Å². The van der Waals surface area contributed by atoms with E-state index in [4.69, 9.17) is 0 Å². The number of hydrogen-bond acceptors (Lipinski definition) is 3. The van der Waals surface area contributed by atoms with Crippen LogP contribution in [0, 0.1) is 5.92 Å². The molecule has 2 rings (SSSR count). The highest BCUT2D eigenvalue weighted by Gasteiger charge is 2.06. The van der Waals surface area contributed by atoms with Crippen molar-refractivity contribution in [2.75, 3.05) is 6.54 Å². The van der Waals surface area contributed by atoms with Crippen molar-refractivity contribution in [3.63, 3.8) is 0 Å². The fourth-order valence-corrected chi connectivity index (χ4v) is 5.43. The summed E-state index contributed by atoms with van der Waals surface area (Å²) in [4.78, 5) is 1.44. The van der Waals surface area contributed by atoms with Gasteiger partial charge in [-0.25, -0.2) is 0 Å². The summed E-state index contributed by atoms with van der Waals surface area (Å²) in [6.07, 6.45) is 5.67. The Morgan fingerprint density at radius 3 is 2.95 bits per heavy atom. The summed E-state index contributed by atoms with van der Waals surface area (Å²) in [7, 11) is 0. The van der Waals surface area contributed by atoms with Gasteiger partial charge in [0.25, 0.3) is 0 Å².